The second-order valence-electron chi connectivity index (χ2n) is 8.57. The third-order valence-corrected chi connectivity index (χ3v) is 5.94. The van der Waals surface area contributed by atoms with Crippen LogP contribution in [0.15, 0.2) is 83.3 Å². The molecule has 3 rings (SSSR count). The van der Waals surface area contributed by atoms with E-state index in [4.69, 9.17) is 4.74 Å². The van der Waals surface area contributed by atoms with Gasteiger partial charge in [-0.3, -0.25) is 9.59 Å². The van der Waals surface area contributed by atoms with Crippen molar-refractivity contribution in [3.63, 3.8) is 0 Å². The van der Waals surface area contributed by atoms with E-state index in [0.717, 1.165) is 21.2 Å². The molecule has 1 atom stereocenters. The van der Waals surface area contributed by atoms with Crippen molar-refractivity contribution in [1.82, 2.24) is 10.2 Å². The monoisotopic (exact) mass is 522 g/mol. The topological polar surface area (TPSA) is 58.6 Å². The van der Waals surface area contributed by atoms with Crippen molar-refractivity contribution in [2.45, 2.75) is 45.8 Å². The van der Waals surface area contributed by atoms with Crippen LogP contribution < -0.4 is 10.1 Å². The Balaban J connectivity index is 1.91. The number of nitrogens with zero attached hydrogens (tertiary/aromatic N) is 1. The highest BCUT2D eigenvalue weighted by atomic mass is 79.9. The van der Waals surface area contributed by atoms with E-state index in [1.807, 2.05) is 99.6 Å². The molecule has 0 saturated heterocycles. The third kappa shape index (κ3) is 7.45. The average Bonchev–Trinajstić information content (AvgIpc) is 2.82. The van der Waals surface area contributed by atoms with Gasteiger partial charge in [0.25, 0.3) is 5.91 Å². The maximum Gasteiger partial charge on any atom is 0.261 e. The molecular weight excluding hydrogens is 492 g/mol. The van der Waals surface area contributed by atoms with Gasteiger partial charge in [0.15, 0.2) is 6.61 Å². The summed E-state index contributed by atoms with van der Waals surface area (Å²) in [6, 6.07) is 24.4. The normalized spacial score (nSPS) is 11.7. The Morgan fingerprint density at radius 3 is 2.21 bits per heavy atom. The van der Waals surface area contributed by atoms with Gasteiger partial charge in [-0.1, -0.05) is 76.6 Å². The van der Waals surface area contributed by atoms with Crippen molar-refractivity contribution in [1.29, 1.82) is 0 Å². The number of hydrogen-bond acceptors (Lipinski definition) is 3. The fourth-order valence-corrected chi connectivity index (χ4v) is 3.93. The number of aryl methyl sites for hydroxylation is 1. The van der Waals surface area contributed by atoms with E-state index < -0.39 is 6.04 Å². The van der Waals surface area contributed by atoms with Crippen molar-refractivity contribution in [3.05, 3.63) is 100 Å². The lowest BCUT2D eigenvalue weighted by atomic mass is 10.0. The Hall–Kier alpha value is -3.12. The van der Waals surface area contributed by atoms with Crippen molar-refractivity contribution in [2.75, 3.05) is 6.61 Å². The maximum absolute atomic E-state index is 13.5. The number of para-hydroxylation sites is 1. The van der Waals surface area contributed by atoms with Gasteiger partial charge in [-0.05, 0) is 55.7 Å². The lowest BCUT2D eigenvalue weighted by molar-refractivity contribution is -0.143. The third-order valence-electron chi connectivity index (χ3n) is 5.41. The molecule has 5 nitrogen and oxygen atoms in total. The molecule has 0 aliphatic rings. The smallest absolute Gasteiger partial charge is 0.261 e. The molecule has 0 aliphatic heterocycles. The van der Waals surface area contributed by atoms with Crippen LogP contribution in [0.2, 0.25) is 0 Å². The lowest BCUT2D eigenvalue weighted by Gasteiger charge is -2.32. The summed E-state index contributed by atoms with van der Waals surface area (Å²) in [6.07, 6.45) is 0.409. The highest BCUT2D eigenvalue weighted by Crippen LogP contribution is 2.19. The van der Waals surface area contributed by atoms with Crippen LogP contribution in [0, 0.1) is 6.92 Å². The highest BCUT2D eigenvalue weighted by Gasteiger charge is 2.31. The van der Waals surface area contributed by atoms with E-state index in [1.54, 1.807) is 4.90 Å². The van der Waals surface area contributed by atoms with E-state index >= 15 is 0 Å². The van der Waals surface area contributed by atoms with E-state index in [1.165, 1.54) is 0 Å². The zero-order chi connectivity index (χ0) is 24.5. The van der Waals surface area contributed by atoms with Crippen LogP contribution in [0.4, 0.5) is 0 Å². The van der Waals surface area contributed by atoms with Crippen molar-refractivity contribution < 1.29 is 14.3 Å². The number of carbonyl (C=O) groups excluding carboxylic acids is 2. The molecule has 0 aromatic heterocycles. The molecule has 34 heavy (non-hydrogen) atoms. The minimum absolute atomic E-state index is 0.0429. The number of amides is 2. The first-order valence-corrected chi connectivity index (χ1v) is 12.2. The number of carbonyl (C=O) groups is 2. The van der Waals surface area contributed by atoms with Gasteiger partial charge in [0, 0.05) is 23.5 Å². The van der Waals surface area contributed by atoms with Crippen molar-refractivity contribution in [2.24, 2.45) is 0 Å². The van der Waals surface area contributed by atoms with E-state index in [-0.39, 0.29) is 24.5 Å². The van der Waals surface area contributed by atoms with Crippen LogP contribution in [0.3, 0.4) is 0 Å². The first kappa shape index (κ1) is 25.5. The molecule has 0 aliphatic carbocycles. The second-order valence-corrected chi connectivity index (χ2v) is 9.49. The number of hydrogen-bond donors (Lipinski definition) is 1. The minimum Gasteiger partial charge on any atom is -0.484 e. The lowest BCUT2D eigenvalue weighted by Crippen LogP contribution is -2.52. The van der Waals surface area contributed by atoms with Crippen LogP contribution in [-0.2, 0) is 22.6 Å². The number of halogens is 1. The zero-order valence-electron chi connectivity index (χ0n) is 19.8. The molecule has 0 bridgehead atoms. The summed E-state index contributed by atoms with van der Waals surface area (Å²) >= 11 is 3.46. The molecule has 0 unspecified atom stereocenters. The summed E-state index contributed by atoms with van der Waals surface area (Å²) < 4.78 is 6.82. The fraction of sp³-hybridized carbons (Fsp3) is 0.286. The van der Waals surface area contributed by atoms with E-state index in [0.29, 0.717) is 18.7 Å². The largest absolute Gasteiger partial charge is 0.484 e. The minimum atomic E-state index is -0.679. The quantitative estimate of drug-likeness (QED) is 0.393. The summed E-state index contributed by atoms with van der Waals surface area (Å²) in [7, 11) is 0. The highest BCUT2D eigenvalue weighted by molar-refractivity contribution is 9.10. The van der Waals surface area contributed by atoms with Gasteiger partial charge in [0.2, 0.25) is 5.91 Å². The molecule has 3 aromatic rings. The molecule has 3 aromatic carbocycles. The molecule has 6 heteroatoms. The summed E-state index contributed by atoms with van der Waals surface area (Å²) in [5.74, 6) is 0.233. The number of ether oxygens (including phenoxy) is 1. The molecule has 2 amide bonds. The average molecular weight is 523 g/mol. The molecule has 0 fully saturated rings. The molecule has 0 radical (unpaired) electrons. The van der Waals surface area contributed by atoms with Crippen molar-refractivity contribution in [3.8, 4) is 5.75 Å². The Kier molecular flexibility index (Phi) is 9.28. The van der Waals surface area contributed by atoms with Gasteiger partial charge in [0.1, 0.15) is 11.8 Å². The molecule has 178 valence electrons. The van der Waals surface area contributed by atoms with Crippen LogP contribution in [0.1, 0.15) is 30.5 Å². The fourth-order valence-electron chi connectivity index (χ4n) is 3.66. The Bertz CT molecular complexity index is 1080. The molecule has 0 saturated carbocycles. The van der Waals surface area contributed by atoms with E-state index in [2.05, 4.69) is 21.2 Å². The van der Waals surface area contributed by atoms with Gasteiger partial charge < -0.3 is 15.0 Å². The molecule has 0 heterocycles. The van der Waals surface area contributed by atoms with Gasteiger partial charge >= 0.3 is 0 Å². The molecule has 0 spiro atoms. The van der Waals surface area contributed by atoms with Gasteiger partial charge in [-0.2, -0.15) is 0 Å². The standard InChI is InChI=1S/C28H31BrN2O3/c1-20(2)30-28(33)25(17-22-10-5-4-6-11-22)31(18-23-13-15-24(29)16-14-23)27(32)19-34-26-12-8-7-9-21(26)3/h4-16,20,25H,17-19H2,1-3H3,(H,30,33)/t25-/m0/s1. The molecule has 1 N–H and O–H groups in total. The van der Waals surface area contributed by atoms with Gasteiger partial charge in [-0.15, -0.1) is 0 Å². The first-order valence-electron chi connectivity index (χ1n) is 11.4. The maximum atomic E-state index is 13.5. The Labute approximate surface area is 210 Å². The summed E-state index contributed by atoms with van der Waals surface area (Å²) in [4.78, 5) is 28.5. The number of rotatable bonds is 10. The predicted molar refractivity (Wildman–Crippen MR) is 139 cm³/mol. The van der Waals surface area contributed by atoms with Crippen LogP contribution in [0.5, 0.6) is 5.75 Å². The number of nitrogens with one attached hydrogen (secondary N) is 1. The van der Waals surface area contributed by atoms with Crippen LogP contribution >= 0.6 is 15.9 Å². The predicted octanol–water partition coefficient (Wildman–Crippen LogP) is 5.30. The number of benzene rings is 3. The van der Waals surface area contributed by atoms with Crippen molar-refractivity contribution >= 4 is 27.7 Å². The SMILES string of the molecule is Cc1ccccc1OCC(=O)N(Cc1ccc(Br)cc1)[C@@H](Cc1ccccc1)C(=O)NC(C)C. The summed E-state index contributed by atoms with van der Waals surface area (Å²) in [5.41, 5.74) is 2.87. The van der Waals surface area contributed by atoms with Gasteiger partial charge in [-0.25, -0.2) is 0 Å². The van der Waals surface area contributed by atoms with Gasteiger partial charge in [0.05, 0.1) is 0 Å². The van der Waals surface area contributed by atoms with E-state index in [9.17, 15) is 9.59 Å². The summed E-state index contributed by atoms with van der Waals surface area (Å²) in [5, 5.41) is 3.00. The van der Waals surface area contributed by atoms with Crippen LogP contribution in [0.25, 0.3) is 0 Å². The first-order chi connectivity index (χ1) is 16.3. The Morgan fingerprint density at radius 2 is 1.56 bits per heavy atom. The van der Waals surface area contributed by atoms with Crippen LogP contribution in [-0.4, -0.2) is 35.4 Å². The summed E-state index contributed by atoms with van der Waals surface area (Å²) in [6.45, 7) is 5.92. The Morgan fingerprint density at radius 1 is 0.912 bits per heavy atom. The molecular formula is C28H31BrN2O3. The zero-order valence-corrected chi connectivity index (χ0v) is 21.4. The second kappa shape index (κ2) is 12.4.